The van der Waals surface area contributed by atoms with E-state index in [0.29, 0.717) is 18.7 Å². The van der Waals surface area contributed by atoms with Gasteiger partial charge in [0.05, 0.1) is 29.9 Å². The minimum atomic E-state index is 0.539. The highest BCUT2D eigenvalue weighted by Gasteiger charge is 2.01. The fraction of sp³-hybridized carbons (Fsp3) is 0.125. The molecular formula is C16H13N3O. The Morgan fingerprint density at radius 2 is 1.90 bits per heavy atom. The number of hydrogen-bond acceptors (Lipinski definition) is 3. The summed E-state index contributed by atoms with van der Waals surface area (Å²) in [5, 5.41) is 14.2. The molecule has 0 aliphatic rings. The Morgan fingerprint density at radius 1 is 1.10 bits per heavy atom. The molecule has 20 heavy (non-hydrogen) atoms. The van der Waals surface area contributed by atoms with Gasteiger partial charge in [-0.2, -0.15) is 10.4 Å². The van der Waals surface area contributed by atoms with Crippen LogP contribution in [0.5, 0.6) is 5.75 Å². The van der Waals surface area contributed by atoms with E-state index in [9.17, 15) is 0 Å². The van der Waals surface area contributed by atoms with E-state index < -0.39 is 0 Å². The molecule has 0 aliphatic carbocycles. The molecular weight excluding hydrogens is 250 g/mol. The molecule has 0 fully saturated rings. The number of aromatic nitrogens is 2. The summed E-state index contributed by atoms with van der Waals surface area (Å²) in [6.07, 6.45) is 1.86. The SMILES string of the molecule is N#Cc1ccc(OCCn2ncc3ccccc32)cc1. The van der Waals surface area contributed by atoms with E-state index in [0.717, 1.165) is 16.7 Å². The topological polar surface area (TPSA) is 50.8 Å². The first-order chi connectivity index (χ1) is 9.86. The molecule has 0 bridgehead atoms. The van der Waals surface area contributed by atoms with Crippen LogP contribution in [0.4, 0.5) is 0 Å². The molecule has 98 valence electrons. The second kappa shape index (κ2) is 5.45. The van der Waals surface area contributed by atoms with Gasteiger partial charge in [-0.15, -0.1) is 0 Å². The molecule has 2 aromatic carbocycles. The first kappa shape index (κ1) is 12.2. The van der Waals surface area contributed by atoms with E-state index in [2.05, 4.69) is 11.2 Å². The van der Waals surface area contributed by atoms with Crippen LogP contribution in [0.25, 0.3) is 10.9 Å². The van der Waals surface area contributed by atoms with Crippen LogP contribution in [-0.2, 0) is 6.54 Å². The molecule has 0 N–H and O–H groups in total. The van der Waals surface area contributed by atoms with Crippen LogP contribution in [0, 0.1) is 11.3 Å². The van der Waals surface area contributed by atoms with Gasteiger partial charge in [-0.05, 0) is 30.3 Å². The first-order valence-corrected chi connectivity index (χ1v) is 6.40. The lowest BCUT2D eigenvalue weighted by Gasteiger charge is -2.07. The van der Waals surface area contributed by atoms with Crippen molar-refractivity contribution < 1.29 is 4.74 Å². The Kier molecular flexibility index (Phi) is 3.34. The molecule has 4 heteroatoms. The third-order valence-corrected chi connectivity index (χ3v) is 3.11. The van der Waals surface area contributed by atoms with E-state index in [1.807, 2.05) is 35.1 Å². The smallest absolute Gasteiger partial charge is 0.119 e. The standard InChI is InChI=1S/C16H13N3O/c17-11-13-5-7-15(8-6-13)20-10-9-19-16-4-2-1-3-14(16)12-18-19/h1-8,12H,9-10H2. The average molecular weight is 263 g/mol. The van der Waals surface area contributed by atoms with E-state index in [1.54, 1.807) is 24.3 Å². The van der Waals surface area contributed by atoms with Gasteiger partial charge in [0.15, 0.2) is 0 Å². The highest BCUT2D eigenvalue weighted by Crippen LogP contribution is 2.14. The molecule has 0 saturated heterocycles. The summed E-state index contributed by atoms with van der Waals surface area (Å²) in [5.74, 6) is 0.764. The number of fused-ring (bicyclic) bond motifs is 1. The fourth-order valence-electron chi connectivity index (χ4n) is 2.08. The zero-order valence-corrected chi connectivity index (χ0v) is 10.9. The van der Waals surface area contributed by atoms with Crippen LogP contribution < -0.4 is 4.74 Å². The van der Waals surface area contributed by atoms with Gasteiger partial charge in [0.1, 0.15) is 12.4 Å². The average Bonchev–Trinajstić information content (AvgIpc) is 2.92. The zero-order chi connectivity index (χ0) is 13.8. The summed E-state index contributed by atoms with van der Waals surface area (Å²) >= 11 is 0. The van der Waals surface area contributed by atoms with E-state index in [-0.39, 0.29) is 0 Å². The van der Waals surface area contributed by atoms with Crippen molar-refractivity contribution in [2.45, 2.75) is 6.54 Å². The predicted molar refractivity (Wildman–Crippen MR) is 76.4 cm³/mol. The normalized spacial score (nSPS) is 10.3. The van der Waals surface area contributed by atoms with Crippen LogP contribution in [-0.4, -0.2) is 16.4 Å². The summed E-state index contributed by atoms with van der Waals surface area (Å²) in [6, 6.07) is 17.3. The minimum Gasteiger partial charge on any atom is -0.492 e. The Morgan fingerprint density at radius 3 is 2.70 bits per heavy atom. The molecule has 1 heterocycles. The van der Waals surface area contributed by atoms with Gasteiger partial charge >= 0.3 is 0 Å². The lowest BCUT2D eigenvalue weighted by Crippen LogP contribution is -2.09. The van der Waals surface area contributed by atoms with E-state index in [1.165, 1.54) is 0 Å². The van der Waals surface area contributed by atoms with Crippen molar-refractivity contribution in [2.24, 2.45) is 0 Å². The number of rotatable bonds is 4. The monoisotopic (exact) mass is 263 g/mol. The molecule has 3 rings (SSSR count). The summed E-state index contributed by atoms with van der Waals surface area (Å²) in [7, 11) is 0. The van der Waals surface area contributed by atoms with Crippen LogP contribution in [0.1, 0.15) is 5.56 Å². The number of nitrogens with zero attached hydrogens (tertiary/aromatic N) is 3. The number of benzene rings is 2. The highest BCUT2D eigenvalue weighted by atomic mass is 16.5. The van der Waals surface area contributed by atoms with Crippen molar-refractivity contribution in [2.75, 3.05) is 6.61 Å². The van der Waals surface area contributed by atoms with Crippen LogP contribution in [0.2, 0.25) is 0 Å². The molecule has 1 aromatic heterocycles. The summed E-state index contributed by atoms with van der Waals surface area (Å²) < 4.78 is 7.59. The maximum Gasteiger partial charge on any atom is 0.119 e. The van der Waals surface area contributed by atoms with Gasteiger partial charge < -0.3 is 4.74 Å². The second-order valence-electron chi connectivity index (χ2n) is 4.41. The van der Waals surface area contributed by atoms with Crippen molar-refractivity contribution in [1.29, 1.82) is 5.26 Å². The maximum absolute atomic E-state index is 8.73. The maximum atomic E-state index is 8.73. The van der Waals surface area contributed by atoms with Crippen molar-refractivity contribution >= 4 is 10.9 Å². The Bertz CT molecular complexity index is 753. The van der Waals surface area contributed by atoms with Crippen LogP contribution in [0.3, 0.4) is 0 Å². The van der Waals surface area contributed by atoms with Crippen molar-refractivity contribution in [3.05, 3.63) is 60.3 Å². The largest absolute Gasteiger partial charge is 0.492 e. The Hall–Kier alpha value is -2.80. The predicted octanol–water partition coefficient (Wildman–Crippen LogP) is 2.99. The molecule has 3 aromatic rings. The van der Waals surface area contributed by atoms with Gasteiger partial charge in [0.2, 0.25) is 0 Å². The van der Waals surface area contributed by atoms with Crippen LogP contribution >= 0.6 is 0 Å². The van der Waals surface area contributed by atoms with Crippen molar-refractivity contribution in [3.8, 4) is 11.8 Å². The van der Waals surface area contributed by atoms with Crippen LogP contribution in [0.15, 0.2) is 54.7 Å². The van der Waals surface area contributed by atoms with Gasteiger partial charge in [-0.1, -0.05) is 18.2 Å². The molecule has 0 radical (unpaired) electrons. The van der Waals surface area contributed by atoms with Gasteiger partial charge in [-0.25, -0.2) is 0 Å². The van der Waals surface area contributed by atoms with Crippen molar-refractivity contribution in [3.63, 3.8) is 0 Å². The number of para-hydroxylation sites is 1. The fourth-order valence-corrected chi connectivity index (χ4v) is 2.08. The number of nitriles is 1. The molecule has 4 nitrogen and oxygen atoms in total. The summed E-state index contributed by atoms with van der Waals surface area (Å²) in [6.45, 7) is 1.23. The van der Waals surface area contributed by atoms with Gasteiger partial charge in [0.25, 0.3) is 0 Å². The molecule has 0 aliphatic heterocycles. The highest BCUT2D eigenvalue weighted by molar-refractivity contribution is 5.78. The molecule has 0 amide bonds. The van der Waals surface area contributed by atoms with E-state index in [4.69, 9.17) is 10.00 Å². The Balaban J connectivity index is 1.63. The third-order valence-electron chi connectivity index (χ3n) is 3.11. The number of hydrogen-bond donors (Lipinski definition) is 0. The summed E-state index contributed by atoms with van der Waals surface area (Å²) in [5.41, 5.74) is 1.74. The second-order valence-corrected chi connectivity index (χ2v) is 4.41. The van der Waals surface area contributed by atoms with Gasteiger partial charge in [-0.3, -0.25) is 4.68 Å². The first-order valence-electron chi connectivity index (χ1n) is 6.40. The molecule has 0 atom stereocenters. The zero-order valence-electron chi connectivity index (χ0n) is 10.9. The molecule has 0 saturated carbocycles. The van der Waals surface area contributed by atoms with Crippen molar-refractivity contribution in [1.82, 2.24) is 9.78 Å². The molecule has 0 unspecified atom stereocenters. The number of ether oxygens (including phenoxy) is 1. The minimum absolute atomic E-state index is 0.539. The lowest BCUT2D eigenvalue weighted by molar-refractivity contribution is 0.293. The van der Waals surface area contributed by atoms with E-state index >= 15 is 0 Å². The quantitative estimate of drug-likeness (QED) is 0.727. The third kappa shape index (κ3) is 2.47. The summed E-state index contributed by atoms with van der Waals surface area (Å²) in [4.78, 5) is 0. The van der Waals surface area contributed by atoms with Gasteiger partial charge in [0, 0.05) is 5.39 Å². The lowest BCUT2D eigenvalue weighted by atomic mass is 10.2. The molecule has 0 spiro atoms. The Labute approximate surface area is 116 Å².